The van der Waals surface area contributed by atoms with Crippen LogP contribution in [0.5, 0.6) is 0 Å². The number of rotatable bonds is 4. The van der Waals surface area contributed by atoms with E-state index in [0.717, 1.165) is 35.3 Å². The molecule has 7 heteroatoms. The van der Waals surface area contributed by atoms with Gasteiger partial charge >= 0.3 is 0 Å². The van der Waals surface area contributed by atoms with E-state index >= 15 is 0 Å². The molecule has 0 saturated carbocycles. The van der Waals surface area contributed by atoms with Gasteiger partial charge in [0.15, 0.2) is 0 Å². The van der Waals surface area contributed by atoms with Gasteiger partial charge in [-0.2, -0.15) is 0 Å². The average Bonchev–Trinajstić information content (AvgIpc) is 3.07. The third kappa shape index (κ3) is 3.97. The van der Waals surface area contributed by atoms with Gasteiger partial charge in [0.2, 0.25) is 9.84 Å². The summed E-state index contributed by atoms with van der Waals surface area (Å²) in [6.07, 6.45) is 3.53. The van der Waals surface area contributed by atoms with E-state index in [-0.39, 0.29) is 15.7 Å². The van der Waals surface area contributed by atoms with Crippen LogP contribution in [0.1, 0.15) is 39.2 Å². The zero-order valence-electron chi connectivity index (χ0n) is 15.9. The highest BCUT2D eigenvalue weighted by Crippen LogP contribution is 2.43. The first-order valence-corrected chi connectivity index (χ1v) is 12.1. The lowest BCUT2D eigenvalue weighted by molar-refractivity contribution is 0.102. The molecule has 1 aromatic heterocycles. The number of nitrogens with one attached hydrogen (secondary N) is 1. The quantitative estimate of drug-likeness (QED) is 0.562. The van der Waals surface area contributed by atoms with E-state index in [1.807, 2.05) is 6.92 Å². The largest absolute Gasteiger partial charge is 0.312 e. The Morgan fingerprint density at radius 3 is 2.34 bits per heavy atom. The van der Waals surface area contributed by atoms with Gasteiger partial charge in [-0.15, -0.1) is 11.3 Å². The van der Waals surface area contributed by atoms with Crippen molar-refractivity contribution >= 4 is 43.7 Å². The van der Waals surface area contributed by atoms with Crippen molar-refractivity contribution in [2.24, 2.45) is 0 Å². The molecule has 1 amide bonds. The summed E-state index contributed by atoms with van der Waals surface area (Å²) in [5.41, 5.74) is 2.28. The van der Waals surface area contributed by atoms with Gasteiger partial charge in [0, 0.05) is 15.5 Å². The molecular weight excluding hydrogens is 426 g/mol. The van der Waals surface area contributed by atoms with Crippen LogP contribution in [-0.4, -0.2) is 14.3 Å². The SMILES string of the molecule is Cc1ccc(S(=O)(=O)c2c(NC(=O)c3ccc(Cl)cc3)sc3c2CCCC3)cc1. The number of aryl methyl sites for hydroxylation is 2. The molecule has 0 radical (unpaired) electrons. The van der Waals surface area contributed by atoms with E-state index in [9.17, 15) is 13.2 Å². The Kier molecular flexibility index (Phi) is 5.51. The number of carbonyl (C=O) groups is 1. The fourth-order valence-corrected chi connectivity index (χ4v) is 6.91. The zero-order valence-corrected chi connectivity index (χ0v) is 18.3. The second-order valence-corrected chi connectivity index (χ2v) is 10.6. The zero-order chi connectivity index (χ0) is 20.6. The highest BCUT2D eigenvalue weighted by atomic mass is 35.5. The number of thiophene rings is 1. The molecule has 3 aromatic rings. The lowest BCUT2D eigenvalue weighted by atomic mass is 9.99. The molecule has 1 aliphatic rings. The smallest absolute Gasteiger partial charge is 0.256 e. The molecule has 0 unspecified atom stereocenters. The second kappa shape index (κ2) is 7.94. The molecule has 29 heavy (non-hydrogen) atoms. The van der Waals surface area contributed by atoms with Crippen LogP contribution in [0, 0.1) is 6.92 Å². The van der Waals surface area contributed by atoms with Crippen molar-refractivity contribution in [3.63, 3.8) is 0 Å². The van der Waals surface area contributed by atoms with Gasteiger partial charge in [-0.25, -0.2) is 8.42 Å². The standard InChI is InChI=1S/C22H20ClNO3S2/c1-14-6-12-17(13-7-14)29(26,27)20-18-4-2-3-5-19(18)28-22(20)24-21(25)15-8-10-16(23)11-9-15/h6-13H,2-5H2,1H3,(H,24,25). The predicted octanol–water partition coefficient (Wildman–Crippen LogP) is 5.67. The van der Waals surface area contributed by atoms with E-state index in [0.29, 0.717) is 22.0 Å². The summed E-state index contributed by atoms with van der Waals surface area (Å²) < 4.78 is 27.0. The van der Waals surface area contributed by atoms with Crippen LogP contribution in [0.25, 0.3) is 0 Å². The number of fused-ring (bicyclic) bond motifs is 1. The molecule has 1 heterocycles. The number of hydrogen-bond donors (Lipinski definition) is 1. The number of carbonyl (C=O) groups excluding carboxylic acids is 1. The Hall–Kier alpha value is -2.15. The average molecular weight is 446 g/mol. The normalized spacial score (nSPS) is 13.7. The summed E-state index contributed by atoms with van der Waals surface area (Å²) >= 11 is 7.28. The van der Waals surface area contributed by atoms with Gasteiger partial charge < -0.3 is 5.32 Å². The Morgan fingerprint density at radius 1 is 1.00 bits per heavy atom. The van der Waals surface area contributed by atoms with E-state index in [1.165, 1.54) is 11.3 Å². The molecular formula is C22H20ClNO3S2. The van der Waals surface area contributed by atoms with Gasteiger partial charge in [-0.05, 0) is 74.6 Å². The topological polar surface area (TPSA) is 63.2 Å². The number of sulfone groups is 1. The molecule has 150 valence electrons. The monoisotopic (exact) mass is 445 g/mol. The third-order valence-electron chi connectivity index (χ3n) is 5.06. The number of hydrogen-bond acceptors (Lipinski definition) is 4. The third-order valence-corrected chi connectivity index (χ3v) is 8.53. The van der Waals surface area contributed by atoms with Crippen molar-refractivity contribution in [3.05, 3.63) is 75.1 Å². The minimum Gasteiger partial charge on any atom is -0.312 e. The Labute approximate surface area is 179 Å². The molecule has 0 atom stereocenters. The van der Waals surface area contributed by atoms with Crippen LogP contribution in [0.2, 0.25) is 5.02 Å². The van der Waals surface area contributed by atoms with Gasteiger partial charge in [-0.3, -0.25) is 4.79 Å². The Balaban J connectivity index is 1.78. The summed E-state index contributed by atoms with van der Waals surface area (Å²) in [5, 5.41) is 3.79. The van der Waals surface area contributed by atoms with Crippen molar-refractivity contribution < 1.29 is 13.2 Å². The summed E-state index contributed by atoms with van der Waals surface area (Å²) in [6.45, 7) is 1.92. The summed E-state index contributed by atoms with van der Waals surface area (Å²) in [4.78, 5) is 14.3. The minimum atomic E-state index is -3.74. The van der Waals surface area contributed by atoms with Crippen LogP contribution in [0.3, 0.4) is 0 Å². The molecule has 4 nitrogen and oxygen atoms in total. The first-order chi connectivity index (χ1) is 13.9. The molecule has 0 saturated heterocycles. The van der Waals surface area contributed by atoms with Crippen LogP contribution in [0.4, 0.5) is 5.00 Å². The first kappa shape index (κ1) is 20.1. The maximum absolute atomic E-state index is 13.5. The van der Waals surface area contributed by atoms with Crippen molar-refractivity contribution in [1.29, 1.82) is 0 Å². The second-order valence-electron chi connectivity index (χ2n) is 7.15. The van der Waals surface area contributed by atoms with Crippen molar-refractivity contribution in [2.45, 2.75) is 42.4 Å². The van der Waals surface area contributed by atoms with Gasteiger partial charge in [0.05, 0.1) is 4.90 Å². The lowest BCUT2D eigenvalue weighted by Crippen LogP contribution is -2.14. The van der Waals surface area contributed by atoms with Crippen LogP contribution in [0.15, 0.2) is 58.3 Å². The van der Waals surface area contributed by atoms with Crippen LogP contribution < -0.4 is 5.32 Å². The van der Waals surface area contributed by atoms with Crippen LogP contribution in [-0.2, 0) is 22.7 Å². The summed E-state index contributed by atoms with van der Waals surface area (Å²) in [5.74, 6) is -0.347. The van der Waals surface area contributed by atoms with Crippen molar-refractivity contribution in [2.75, 3.05) is 5.32 Å². The van der Waals surface area contributed by atoms with Crippen LogP contribution >= 0.6 is 22.9 Å². The number of benzene rings is 2. The van der Waals surface area contributed by atoms with Gasteiger partial charge in [-0.1, -0.05) is 29.3 Å². The molecule has 0 fully saturated rings. The molecule has 4 rings (SSSR count). The Morgan fingerprint density at radius 2 is 1.66 bits per heavy atom. The Bertz CT molecular complexity index is 1160. The number of halogens is 1. The molecule has 0 bridgehead atoms. The highest BCUT2D eigenvalue weighted by Gasteiger charge is 2.31. The maximum atomic E-state index is 13.5. The van der Waals surface area contributed by atoms with E-state index in [2.05, 4.69) is 5.32 Å². The highest BCUT2D eigenvalue weighted by molar-refractivity contribution is 7.92. The maximum Gasteiger partial charge on any atom is 0.256 e. The predicted molar refractivity (Wildman–Crippen MR) is 117 cm³/mol. The minimum absolute atomic E-state index is 0.247. The summed E-state index contributed by atoms with van der Waals surface area (Å²) in [7, 11) is -3.74. The molecule has 0 spiro atoms. The van der Waals surface area contributed by atoms with Gasteiger partial charge in [0.1, 0.15) is 9.90 Å². The molecule has 1 aliphatic carbocycles. The molecule has 0 aliphatic heterocycles. The number of anilines is 1. The van der Waals surface area contributed by atoms with E-state index < -0.39 is 9.84 Å². The fourth-order valence-electron chi connectivity index (χ4n) is 3.52. The molecule has 1 N–H and O–H groups in total. The first-order valence-electron chi connectivity index (χ1n) is 9.39. The van der Waals surface area contributed by atoms with Gasteiger partial charge in [0.25, 0.3) is 5.91 Å². The van der Waals surface area contributed by atoms with E-state index in [1.54, 1.807) is 48.5 Å². The van der Waals surface area contributed by atoms with Crippen molar-refractivity contribution in [3.8, 4) is 0 Å². The van der Waals surface area contributed by atoms with E-state index in [4.69, 9.17) is 11.6 Å². The van der Waals surface area contributed by atoms with Crippen molar-refractivity contribution in [1.82, 2.24) is 0 Å². The molecule has 2 aromatic carbocycles. The lowest BCUT2D eigenvalue weighted by Gasteiger charge is -2.14. The fraction of sp³-hybridized carbons (Fsp3) is 0.227. The number of amides is 1. The summed E-state index contributed by atoms with van der Waals surface area (Å²) in [6, 6.07) is 13.4.